The molecule has 5 bridgehead atoms. The summed E-state index contributed by atoms with van der Waals surface area (Å²) in [6.45, 7) is 0. The van der Waals surface area contributed by atoms with Crippen LogP contribution in [0.4, 0.5) is 0 Å². The first-order chi connectivity index (χ1) is 13.3. The molecule has 5 aliphatic rings. The van der Waals surface area contributed by atoms with Crippen molar-refractivity contribution in [3.05, 3.63) is 52.7 Å². The van der Waals surface area contributed by atoms with Crippen molar-refractivity contribution in [3.8, 4) is 11.3 Å². The van der Waals surface area contributed by atoms with Gasteiger partial charge in [0.15, 0.2) is 0 Å². The highest BCUT2D eigenvalue weighted by Crippen LogP contribution is 2.54. The van der Waals surface area contributed by atoms with Crippen LogP contribution in [-0.2, 0) is 6.42 Å². The maximum atomic E-state index is 4.93. The molecule has 1 heteroatoms. The van der Waals surface area contributed by atoms with Gasteiger partial charge in [-0.25, -0.2) is 0 Å². The molecule has 7 rings (SSSR count). The topological polar surface area (TPSA) is 12.9 Å². The third-order valence-electron chi connectivity index (χ3n) is 9.09. The van der Waals surface area contributed by atoms with Gasteiger partial charge in [0, 0.05) is 11.8 Å². The van der Waals surface area contributed by atoms with Crippen LogP contribution < -0.4 is 0 Å². The molecule has 0 saturated heterocycles. The Kier molecular flexibility index (Phi) is 3.10. The van der Waals surface area contributed by atoms with Crippen molar-refractivity contribution >= 4 is 0 Å². The second-order valence-corrected chi connectivity index (χ2v) is 10.4. The molecule has 0 amide bonds. The highest BCUT2D eigenvalue weighted by Gasteiger charge is 2.41. The number of hydrogen-bond donors (Lipinski definition) is 0. The number of rotatable bonds is 1. The molecule has 3 saturated carbocycles. The number of nitrogens with zero attached hydrogens (tertiary/aromatic N) is 1. The quantitative estimate of drug-likeness (QED) is 0.563. The minimum Gasteiger partial charge on any atom is -0.256 e. The average Bonchev–Trinajstić information content (AvgIpc) is 3.30. The molecule has 1 nitrogen and oxygen atoms in total. The molecule has 27 heavy (non-hydrogen) atoms. The Balaban J connectivity index is 1.30. The van der Waals surface area contributed by atoms with E-state index in [-0.39, 0.29) is 0 Å². The maximum absolute atomic E-state index is 4.93. The Morgan fingerprint density at radius 1 is 0.704 bits per heavy atom. The van der Waals surface area contributed by atoms with Crippen LogP contribution >= 0.6 is 0 Å². The lowest BCUT2D eigenvalue weighted by atomic mass is 9.64. The van der Waals surface area contributed by atoms with Crippen LogP contribution in [0.1, 0.15) is 91.4 Å². The van der Waals surface area contributed by atoms with Crippen LogP contribution in [0.5, 0.6) is 0 Å². The minimum atomic E-state index is 0.813. The SMILES string of the molecule is c1cc2c(cc1-c1cc3c(cn1)C1CCC3C1)CC1CCC3CC2CC1C3. The van der Waals surface area contributed by atoms with Crippen molar-refractivity contribution in [2.24, 2.45) is 17.8 Å². The molecule has 1 aromatic heterocycles. The summed E-state index contributed by atoms with van der Waals surface area (Å²) in [5.74, 6) is 5.45. The maximum Gasteiger partial charge on any atom is 0.0705 e. The Bertz CT molecular complexity index is 928. The van der Waals surface area contributed by atoms with E-state index in [0.717, 1.165) is 35.5 Å². The first-order valence-corrected chi connectivity index (χ1v) is 11.4. The minimum absolute atomic E-state index is 0.813. The predicted octanol–water partition coefficient (Wildman–Crippen LogP) is 6.58. The summed E-state index contributed by atoms with van der Waals surface area (Å²) in [6, 6.07) is 9.86. The average molecular weight is 356 g/mol. The van der Waals surface area contributed by atoms with Crippen molar-refractivity contribution in [3.63, 3.8) is 0 Å². The largest absolute Gasteiger partial charge is 0.256 e. The fourth-order valence-electron chi connectivity index (χ4n) is 7.82. The summed E-state index contributed by atoms with van der Waals surface area (Å²) in [4.78, 5) is 4.93. The van der Waals surface area contributed by atoms with Gasteiger partial charge in [-0.15, -0.1) is 0 Å². The second kappa shape index (κ2) is 5.46. The summed E-state index contributed by atoms with van der Waals surface area (Å²) < 4.78 is 0. The van der Waals surface area contributed by atoms with E-state index in [1.54, 1.807) is 22.3 Å². The van der Waals surface area contributed by atoms with E-state index in [1.165, 1.54) is 69.0 Å². The van der Waals surface area contributed by atoms with Gasteiger partial charge in [0.1, 0.15) is 0 Å². The zero-order chi connectivity index (χ0) is 17.5. The summed E-state index contributed by atoms with van der Waals surface area (Å²) in [5.41, 5.74) is 9.14. The Hall–Kier alpha value is -1.63. The highest BCUT2D eigenvalue weighted by molar-refractivity contribution is 5.64. The first-order valence-electron chi connectivity index (χ1n) is 11.4. The fourth-order valence-corrected chi connectivity index (χ4v) is 7.82. The molecule has 0 aliphatic heterocycles. The van der Waals surface area contributed by atoms with E-state index in [9.17, 15) is 0 Å². The van der Waals surface area contributed by atoms with E-state index in [0.29, 0.717) is 0 Å². The molecule has 6 unspecified atom stereocenters. The molecular weight excluding hydrogens is 326 g/mol. The van der Waals surface area contributed by atoms with Crippen molar-refractivity contribution < 1.29 is 0 Å². The van der Waals surface area contributed by atoms with Crippen molar-refractivity contribution in [2.75, 3.05) is 0 Å². The van der Waals surface area contributed by atoms with Gasteiger partial charge in [-0.3, -0.25) is 4.98 Å². The molecule has 0 spiro atoms. The number of pyridine rings is 1. The number of fused-ring (bicyclic) bond motifs is 9. The van der Waals surface area contributed by atoms with Crippen molar-refractivity contribution in [1.82, 2.24) is 4.98 Å². The molecule has 3 fully saturated rings. The van der Waals surface area contributed by atoms with Gasteiger partial charge >= 0.3 is 0 Å². The normalized spacial score (nSPS) is 37.8. The van der Waals surface area contributed by atoms with Crippen molar-refractivity contribution in [1.29, 1.82) is 0 Å². The number of aromatic nitrogens is 1. The lowest BCUT2D eigenvalue weighted by Gasteiger charge is -2.41. The molecule has 2 aromatic rings. The molecular formula is C26H29N. The van der Waals surface area contributed by atoms with Gasteiger partial charge in [-0.1, -0.05) is 18.6 Å². The molecule has 1 heterocycles. The lowest BCUT2D eigenvalue weighted by Crippen LogP contribution is -2.30. The van der Waals surface area contributed by atoms with Crippen LogP contribution in [0.15, 0.2) is 30.5 Å². The van der Waals surface area contributed by atoms with Gasteiger partial charge in [0.2, 0.25) is 0 Å². The molecule has 0 radical (unpaired) electrons. The van der Waals surface area contributed by atoms with Gasteiger partial charge in [0.25, 0.3) is 0 Å². The van der Waals surface area contributed by atoms with E-state index in [1.807, 2.05) is 0 Å². The monoisotopic (exact) mass is 355 g/mol. The molecule has 1 aromatic carbocycles. The lowest BCUT2D eigenvalue weighted by molar-refractivity contribution is 0.115. The van der Waals surface area contributed by atoms with Gasteiger partial charge in [-0.05, 0) is 121 Å². The van der Waals surface area contributed by atoms with Crippen molar-refractivity contribution in [2.45, 2.75) is 75.5 Å². The third kappa shape index (κ3) is 2.20. The summed E-state index contributed by atoms with van der Waals surface area (Å²) >= 11 is 0. The summed E-state index contributed by atoms with van der Waals surface area (Å²) in [5, 5.41) is 0. The standard InChI is InChI=1S/C26H29N/c1-2-16-9-22-11-19(5-6-23(22)21-8-15(1)7-20(16)12-21)26-13-24-17-3-4-18(10-17)25(24)14-27-26/h5-6,11,13-18,20-21H,1-4,7-10,12H2. The first kappa shape index (κ1) is 15.3. The molecule has 138 valence electrons. The van der Waals surface area contributed by atoms with Gasteiger partial charge < -0.3 is 0 Å². The summed E-state index contributed by atoms with van der Waals surface area (Å²) in [7, 11) is 0. The highest BCUT2D eigenvalue weighted by atomic mass is 14.7. The van der Waals surface area contributed by atoms with Gasteiger partial charge in [-0.2, -0.15) is 0 Å². The van der Waals surface area contributed by atoms with E-state index < -0.39 is 0 Å². The van der Waals surface area contributed by atoms with E-state index in [4.69, 9.17) is 4.98 Å². The van der Waals surface area contributed by atoms with E-state index in [2.05, 4.69) is 30.5 Å². The molecule has 6 atom stereocenters. The Morgan fingerprint density at radius 3 is 2.59 bits per heavy atom. The van der Waals surface area contributed by atoms with Crippen LogP contribution in [0.2, 0.25) is 0 Å². The Labute approximate surface area is 162 Å². The zero-order valence-electron chi connectivity index (χ0n) is 16.2. The smallest absolute Gasteiger partial charge is 0.0705 e. The number of hydrogen-bond acceptors (Lipinski definition) is 1. The number of benzene rings is 1. The predicted molar refractivity (Wildman–Crippen MR) is 109 cm³/mol. The van der Waals surface area contributed by atoms with Gasteiger partial charge in [0.05, 0.1) is 5.69 Å². The Morgan fingerprint density at radius 2 is 1.63 bits per heavy atom. The fraction of sp³-hybridized carbons (Fsp3) is 0.577. The summed E-state index contributed by atoms with van der Waals surface area (Å²) in [6.07, 6.45) is 15.1. The van der Waals surface area contributed by atoms with Crippen LogP contribution in [-0.4, -0.2) is 4.98 Å². The molecule has 0 N–H and O–H groups in total. The van der Waals surface area contributed by atoms with E-state index >= 15 is 0 Å². The molecule has 5 aliphatic carbocycles. The van der Waals surface area contributed by atoms with Crippen LogP contribution in [0.25, 0.3) is 11.3 Å². The van der Waals surface area contributed by atoms with Crippen LogP contribution in [0, 0.1) is 17.8 Å². The van der Waals surface area contributed by atoms with Crippen LogP contribution in [0.3, 0.4) is 0 Å². The zero-order valence-corrected chi connectivity index (χ0v) is 16.2. The third-order valence-corrected chi connectivity index (χ3v) is 9.09. The second-order valence-electron chi connectivity index (χ2n) is 10.4.